The number of halogens is 2. The minimum atomic E-state index is -2.29. The number of carboxylic acids is 1. The topological polar surface area (TPSA) is 46.5 Å². The molecular weight excluding hydrogens is 211 g/mol. The Morgan fingerprint density at radius 1 is 1.50 bits per heavy atom. The highest BCUT2D eigenvalue weighted by Crippen LogP contribution is 2.11. The van der Waals surface area contributed by atoms with Gasteiger partial charge >= 0.3 is 5.97 Å². The normalized spacial score (nSPS) is 12.4. The van der Waals surface area contributed by atoms with Crippen LogP contribution in [0.1, 0.15) is 5.56 Å². The SMILES string of the molecule is O=C(O)C(F)OCc1ccc(Cl)cc1. The smallest absolute Gasteiger partial charge is 0.366 e. The van der Waals surface area contributed by atoms with Gasteiger partial charge in [0.1, 0.15) is 0 Å². The second kappa shape index (κ2) is 4.93. The van der Waals surface area contributed by atoms with Crippen LogP contribution in [0.25, 0.3) is 0 Å². The summed E-state index contributed by atoms with van der Waals surface area (Å²) in [6, 6.07) is 6.51. The van der Waals surface area contributed by atoms with E-state index in [4.69, 9.17) is 16.7 Å². The molecule has 76 valence electrons. The van der Waals surface area contributed by atoms with E-state index in [2.05, 4.69) is 4.74 Å². The van der Waals surface area contributed by atoms with E-state index in [0.717, 1.165) is 0 Å². The largest absolute Gasteiger partial charge is 0.477 e. The van der Waals surface area contributed by atoms with E-state index in [1.54, 1.807) is 24.3 Å². The molecule has 0 saturated heterocycles. The van der Waals surface area contributed by atoms with Gasteiger partial charge in [0, 0.05) is 5.02 Å². The third-order valence-corrected chi connectivity index (χ3v) is 1.76. The number of alkyl halides is 1. The lowest BCUT2D eigenvalue weighted by atomic mass is 10.2. The molecule has 3 nitrogen and oxygen atoms in total. The molecule has 0 aliphatic carbocycles. The number of benzene rings is 1. The van der Waals surface area contributed by atoms with E-state index in [1.807, 2.05) is 0 Å². The van der Waals surface area contributed by atoms with Gasteiger partial charge in [-0.05, 0) is 17.7 Å². The molecule has 1 aromatic rings. The summed E-state index contributed by atoms with van der Waals surface area (Å²) in [6.45, 7) is -0.0926. The second-order valence-electron chi connectivity index (χ2n) is 2.59. The van der Waals surface area contributed by atoms with Gasteiger partial charge in [-0.2, -0.15) is 0 Å². The average Bonchev–Trinajstić information content (AvgIpc) is 2.16. The molecule has 0 fully saturated rings. The molecule has 0 amide bonds. The number of hydrogen-bond donors (Lipinski definition) is 1. The minimum Gasteiger partial charge on any atom is -0.477 e. The zero-order chi connectivity index (χ0) is 10.6. The Labute approximate surface area is 85.1 Å². The summed E-state index contributed by atoms with van der Waals surface area (Å²) in [6.07, 6.45) is -2.29. The third kappa shape index (κ3) is 3.32. The number of hydrogen-bond acceptors (Lipinski definition) is 2. The van der Waals surface area contributed by atoms with Crippen LogP contribution in [-0.2, 0) is 16.1 Å². The maximum atomic E-state index is 12.4. The molecule has 0 heterocycles. The Hall–Kier alpha value is -1.13. The monoisotopic (exact) mass is 218 g/mol. The quantitative estimate of drug-likeness (QED) is 0.843. The van der Waals surface area contributed by atoms with Crippen molar-refractivity contribution in [2.24, 2.45) is 0 Å². The Morgan fingerprint density at radius 3 is 2.57 bits per heavy atom. The molecule has 0 aliphatic heterocycles. The van der Waals surface area contributed by atoms with Crippen molar-refractivity contribution in [1.82, 2.24) is 0 Å². The van der Waals surface area contributed by atoms with Gasteiger partial charge in [-0.3, -0.25) is 0 Å². The first-order chi connectivity index (χ1) is 6.59. The van der Waals surface area contributed by atoms with Crippen molar-refractivity contribution < 1.29 is 19.0 Å². The summed E-state index contributed by atoms with van der Waals surface area (Å²) in [5.41, 5.74) is 0.665. The molecule has 1 rings (SSSR count). The highest BCUT2D eigenvalue weighted by molar-refractivity contribution is 6.30. The van der Waals surface area contributed by atoms with E-state index < -0.39 is 12.3 Å². The van der Waals surface area contributed by atoms with Crippen molar-refractivity contribution in [2.75, 3.05) is 0 Å². The van der Waals surface area contributed by atoms with E-state index >= 15 is 0 Å². The maximum Gasteiger partial charge on any atom is 0.366 e. The number of ether oxygens (including phenoxy) is 1. The summed E-state index contributed by atoms with van der Waals surface area (Å²) in [5, 5.41) is 8.74. The first-order valence-corrected chi connectivity index (χ1v) is 4.20. The fourth-order valence-electron chi connectivity index (χ4n) is 0.821. The Bertz CT molecular complexity index is 312. The van der Waals surface area contributed by atoms with Crippen molar-refractivity contribution in [3.63, 3.8) is 0 Å². The second-order valence-corrected chi connectivity index (χ2v) is 3.03. The molecule has 0 radical (unpaired) electrons. The average molecular weight is 219 g/mol. The summed E-state index contributed by atoms with van der Waals surface area (Å²) in [7, 11) is 0. The number of aliphatic carboxylic acids is 1. The zero-order valence-electron chi connectivity index (χ0n) is 7.11. The van der Waals surface area contributed by atoms with Crippen molar-refractivity contribution in [3.8, 4) is 0 Å². The number of carbonyl (C=O) groups is 1. The Kier molecular flexibility index (Phi) is 3.85. The highest BCUT2D eigenvalue weighted by Gasteiger charge is 2.15. The van der Waals surface area contributed by atoms with E-state index in [0.29, 0.717) is 10.6 Å². The highest BCUT2D eigenvalue weighted by atomic mass is 35.5. The van der Waals surface area contributed by atoms with E-state index in [9.17, 15) is 9.18 Å². The van der Waals surface area contributed by atoms with Crippen LogP contribution in [0.4, 0.5) is 4.39 Å². The van der Waals surface area contributed by atoms with Crippen LogP contribution in [0.2, 0.25) is 5.02 Å². The summed E-state index contributed by atoms with van der Waals surface area (Å²) < 4.78 is 16.9. The van der Waals surface area contributed by atoms with Gasteiger partial charge in [0.2, 0.25) is 0 Å². The minimum absolute atomic E-state index is 0.0926. The van der Waals surface area contributed by atoms with Crippen molar-refractivity contribution in [3.05, 3.63) is 34.9 Å². The van der Waals surface area contributed by atoms with Crippen LogP contribution in [0.5, 0.6) is 0 Å². The van der Waals surface area contributed by atoms with Crippen LogP contribution < -0.4 is 0 Å². The van der Waals surface area contributed by atoms with E-state index in [1.165, 1.54) is 0 Å². The molecule has 0 bridgehead atoms. The molecule has 1 atom stereocenters. The predicted octanol–water partition coefficient (Wildman–Crippen LogP) is 2.24. The van der Waals surface area contributed by atoms with E-state index in [-0.39, 0.29) is 6.61 Å². The van der Waals surface area contributed by atoms with Gasteiger partial charge in [-0.15, -0.1) is 0 Å². The first kappa shape index (κ1) is 10.9. The van der Waals surface area contributed by atoms with Crippen LogP contribution in [0.3, 0.4) is 0 Å². The van der Waals surface area contributed by atoms with Gasteiger partial charge in [-0.25, -0.2) is 9.18 Å². The van der Waals surface area contributed by atoms with Crippen molar-refractivity contribution >= 4 is 17.6 Å². The van der Waals surface area contributed by atoms with Crippen molar-refractivity contribution in [2.45, 2.75) is 13.0 Å². The van der Waals surface area contributed by atoms with Gasteiger partial charge in [-0.1, -0.05) is 23.7 Å². The molecular formula is C9H8ClFO3. The van der Waals surface area contributed by atoms with Crippen LogP contribution in [0.15, 0.2) is 24.3 Å². The van der Waals surface area contributed by atoms with Gasteiger partial charge in [0.25, 0.3) is 6.36 Å². The molecule has 0 spiro atoms. The van der Waals surface area contributed by atoms with Crippen LogP contribution in [0, 0.1) is 0 Å². The van der Waals surface area contributed by atoms with Gasteiger partial charge in [0.15, 0.2) is 0 Å². The van der Waals surface area contributed by atoms with Gasteiger partial charge < -0.3 is 9.84 Å². The first-order valence-electron chi connectivity index (χ1n) is 3.82. The zero-order valence-corrected chi connectivity index (χ0v) is 7.87. The third-order valence-electron chi connectivity index (χ3n) is 1.50. The molecule has 0 aromatic heterocycles. The lowest BCUT2D eigenvalue weighted by molar-refractivity contribution is -0.164. The maximum absolute atomic E-state index is 12.4. The standard InChI is InChI=1S/C9H8ClFO3/c10-7-3-1-6(2-4-7)5-14-8(11)9(12)13/h1-4,8H,5H2,(H,12,13). The molecule has 14 heavy (non-hydrogen) atoms. The Morgan fingerprint density at radius 2 is 2.07 bits per heavy atom. The fourth-order valence-corrected chi connectivity index (χ4v) is 0.947. The number of carboxylic acid groups (broad SMARTS) is 1. The van der Waals surface area contributed by atoms with Crippen molar-refractivity contribution in [1.29, 1.82) is 0 Å². The summed E-state index contributed by atoms with van der Waals surface area (Å²) >= 11 is 5.62. The molecule has 0 aliphatic rings. The molecule has 1 unspecified atom stereocenters. The fraction of sp³-hybridized carbons (Fsp3) is 0.222. The van der Waals surface area contributed by atoms with Crippen LogP contribution in [-0.4, -0.2) is 17.4 Å². The molecule has 1 aromatic carbocycles. The predicted molar refractivity (Wildman–Crippen MR) is 48.8 cm³/mol. The lowest BCUT2D eigenvalue weighted by Crippen LogP contribution is -2.17. The Balaban J connectivity index is 2.46. The summed E-state index contributed by atoms with van der Waals surface area (Å²) in [4.78, 5) is 10.1. The van der Waals surface area contributed by atoms with Crippen LogP contribution >= 0.6 is 11.6 Å². The van der Waals surface area contributed by atoms with Gasteiger partial charge in [0.05, 0.1) is 6.61 Å². The summed E-state index contributed by atoms with van der Waals surface area (Å²) in [5.74, 6) is -1.63. The molecule has 0 saturated carbocycles. The molecule has 5 heteroatoms. The number of rotatable bonds is 4. The molecule has 1 N–H and O–H groups in total. The lowest BCUT2D eigenvalue weighted by Gasteiger charge is -2.05.